The third-order valence-electron chi connectivity index (χ3n) is 6.36. The van der Waals surface area contributed by atoms with Gasteiger partial charge in [-0.25, -0.2) is 0 Å². The second kappa shape index (κ2) is 14.2. The zero-order valence-electron chi connectivity index (χ0n) is 20.0. The van der Waals surface area contributed by atoms with Crippen molar-refractivity contribution in [3.8, 4) is 0 Å². The number of carbonyl (C=O) groups is 4. The molecule has 2 saturated carbocycles. The second-order valence-electron chi connectivity index (χ2n) is 9.10. The zero-order valence-corrected chi connectivity index (χ0v) is 20.0. The van der Waals surface area contributed by atoms with Gasteiger partial charge in [-0.1, -0.05) is 39.5 Å². The lowest BCUT2D eigenvalue weighted by molar-refractivity contribution is -0.134. The van der Waals surface area contributed by atoms with Crippen LogP contribution in [0.3, 0.4) is 0 Å². The van der Waals surface area contributed by atoms with Crippen LogP contribution in [-0.4, -0.2) is 47.6 Å². The first-order valence-corrected chi connectivity index (χ1v) is 12.7. The van der Waals surface area contributed by atoms with E-state index in [1.165, 1.54) is 0 Å². The van der Waals surface area contributed by atoms with Crippen LogP contribution in [0.25, 0.3) is 0 Å². The van der Waals surface area contributed by atoms with Crippen LogP contribution in [0, 0.1) is 11.8 Å². The Balaban J connectivity index is 1.77. The molecule has 0 spiro atoms. The summed E-state index contributed by atoms with van der Waals surface area (Å²) in [6.07, 6.45) is 10.4. The predicted molar refractivity (Wildman–Crippen MR) is 128 cm³/mol. The average Bonchev–Trinajstić information content (AvgIpc) is 2.75. The molecule has 0 radical (unpaired) electrons. The minimum atomic E-state index is -0.583. The van der Waals surface area contributed by atoms with Gasteiger partial charge in [0, 0.05) is 50.2 Å². The average molecular weight is 445 g/mol. The Bertz CT molecular complexity index is 644. The molecule has 0 aromatic carbocycles. The van der Waals surface area contributed by atoms with Crippen molar-refractivity contribution in [1.82, 2.24) is 0 Å². The van der Waals surface area contributed by atoms with E-state index in [0.29, 0.717) is 51.6 Å². The summed E-state index contributed by atoms with van der Waals surface area (Å²) in [4.78, 5) is 58.2. The maximum absolute atomic E-state index is 12.2. The van der Waals surface area contributed by atoms with Gasteiger partial charge < -0.3 is 0 Å². The molecular weight excluding hydrogens is 404 g/mol. The van der Waals surface area contributed by atoms with Crippen molar-refractivity contribution < 1.29 is 19.2 Å². The number of carbonyl (C=O) groups excluding carboxylic acids is 4. The highest BCUT2D eigenvalue weighted by molar-refractivity contribution is 6.22. The summed E-state index contributed by atoms with van der Waals surface area (Å²) in [5, 5.41) is 0. The molecule has 0 N–H and O–H groups in total. The van der Waals surface area contributed by atoms with E-state index < -0.39 is 11.8 Å². The first-order chi connectivity index (χ1) is 15.5. The largest absolute Gasteiger partial charge is 0.298 e. The minimum absolute atomic E-state index is 0.0455. The van der Waals surface area contributed by atoms with E-state index in [0.717, 1.165) is 62.8 Å². The van der Waals surface area contributed by atoms with Crippen molar-refractivity contribution in [3.63, 3.8) is 0 Å². The van der Waals surface area contributed by atoms with E-state index >= 15 is 0 Å². The molecule has 0 aromatic heterocycles. The summed E-state index contributed by atoms with van der Waals surface area (Å²) in [5.41, 5.74) is 1.58. The second-order valence-corrected chi connectivity index (χ2v) is 9.10. The Hall–Kier alpha value is -1.98. The van der Waals surface area contributed by atoms with Crippen LogP contribution in [0.5, 0.6) is 0 Å². The highest BCUT2D eigenvalue weighted by atomic mass is 16.2. The van der Waals surface area contributed by atoms with Crippen molar-refractivity contribution in [3.05, 3.63) is 0 Å². The molecule has 0 atom stereocenters. The number of ketones is 4. The van der Waals surface area contributed by atoms with Crippen LogP contribution in [0.1, 0.15) is 104 Å². The summed E-state index contributed by atoms with van der Waals surface area (Å²) in [7, 11) is 0. The molecule has 178 valence electrons. The molecule has 0 heterocycles. The van der Waals surface area contributed by atoms with Gasteiger partial charge in [0.15, 0.2) is 0 Å². The normalized spacial score (nSPS) is 19.8. The van der Waals surface area contributed by atoms with E-state index in [4.69, 9.17) is 0 Å². The fourth-order valence-electron chi connectivity index (χ4n) is 4.72. The highest BCUT2D eigenvalue weighted by Crippen LogP contribution is 2.22. The van der Waals surface area contributed by atoms with Gasteiger partial charge in [0.25, 0.3) is 0 Å². The topological polar surface area (TPSA) is 93.0 Å². The number of Topliss-reactive ketones (excluding diaryl/α,β-unsaturated/α-hetero) is 4. The van der Waals surface area contributed by atoms with Crippen molar-refractivity contribution in [2.45, 2.75) is 104 Å². The van der Waals surface area contributed by atoms with E-state index in [1.807, 2.05) is 0 Å². The SMILES string of the molecule is CCCC(=NCCCCCCN=C(CCC)C1C(=O)CCCC1=O)C1C(=O)CCCC1=O. The van der Waals surface area contributed by atoms with Crippen molar-refractivity contribution in [1.29, 1.82) is 0 Å². The van der Waals surface area contributed by atoms with Gasteiger partial charge in [0.1, 0.15) is 35.0 Å². The van der Waals surface area contributed by atoms with E-state index in [2.05, 4.69) is 23.8 Å². The van der Waals surface area contributed by atoms with Gasteiger partial charge in [-0.05, 0) is 38.5 Å². The molecule has 32 heavy (non-hydrogen) atoms. The summed E-state index contributed by atoms with van der Waals surface area (Å²) in [6.45, 7) is 5.41. The zero-order chi connectivity index (χ0) is 23.3. The number of hydrogen-bond donors (Lipinski definition) is 0. The van der Waals surface area contributed by atoms with Crippen molar-refractivity contribution in [2.24, 2.45) is 21.8 Å². The lowest BCUT2D eigenvalue weighted by Crippen LogP contribution is -2.35. The fourth-order valence-corrected chi connectivity index (χ4v) is 4.72. The van der Waals surface area contributed by atoms with Crippen LogP contribution in [0.4, 0.5) is 0 Å². The number of rotatable bonds is 13. The maximum Gasteiger partial charge on any atom is 0.149 e. The van der Waals surface area contributed by atoms with Crippen LogP contribution in [-0.2, 0) is 19.2 Å². The molecule has 0 aromatic rings. The van der Waals surface area contributed by atoms with Crippen LogP contribution < -0.4 is 0 Å². The third kappa shape index (κ3) is 7.86. The molecule has 6 nitrogen and oxygen atoms in total. The van der Waals surface area contributed by atoms with Crippen LogP contribution in [0.2, 0.25) is 0 Å². The monoisotopic (exact) mass is 444 g/mol. The third-order valence-corrected chi connectivity index (χ3v) is 6.36. The molecule has 0 amide bonds. The smallest absolute Gasteiger partial charge is 0.149 e. The predicted octanol–water partition coefficient (Wildman–Crippen LogP) is 4.91. The van der Waals surface area contributed by atoms with Crippen LogP contribution in [0.15, 0.2) is 9.98 Å². The van der Waals surface area contributed by atoms with Gasteiger partial charge in [0.2, 0.25) is 0 Å². The number of aliphatic imine (C=N–C) groups is 2. The first kappa shape index (κ1) is 26.3. The van der Waals surface area contributed by atoms with Crippen LogP contribution >= 0.6 is 0 Å². The Morgan fingerprint density at radius 2 is 0.969 bits per heavy atom. The highest BCUT2D eigenvalue weighted by Gasteiger charge is 2.34. The number of unbranched alkanes of at least 4 members (excludes halogenated alkanes) is 3. The maximum atomic E-state index is 12.2. The summed E-state index contributed by atoms with van der Waals surface area (Å²) < 4.78 is 0. The molecule has 2 rings (SSSR count). The minimum Gasteiger partial charge on any atom is -0.298 e. The van der Waals surface area contributed by atoms with Crippen molar-refractivity contribution in [2.75, 3.05) is 13.1 Å². The molecule has 0 aliphatic heterocycles. The summed E-state index contributed by atoms with van der Waals surface area (Å²) in [6, 6.07) is 0. The lowest BCUT2D eigenvalue weighted by atomic mass is 9.82. The van der Waals surface area contributed by atoms with Crippen molar-refractivity contribution >= 4 is 34.6 Å². The molecule has 0 bridgehead atoms. The molecule has 6 heteroatoms. The number of hydrogen-bond acceptors (Lipinski definition) is 6. The van der Waals surface area contributed by atoms with E-state index in [1.54, 1.807) is 0 Å². The van der Waals surface area contributed by atoms with Gasteiger partial charge >= 0.3 is 0 Å². The van der Waals surface area contributed by atoms with Gasteiger partial charge in [-0.3, -0.25) is 29.2 Å². The Kier molecular flexibility index (Phi) is 11.7. The Morgan fingerprint density at radius 3 is 1.28 bits per heavy atom. The molecule has 0 saturated heterocycles. The Labute approximate surface area is 192 Å². The summed E-state index contributed by atoms with van der Waals surface area (Å²) >= 11 is 0. The first-order valence-electron chi connectivity index (χ1n) is 12.7. The quantitative estimate of drug-likeness (QED) is 0.229. The molecule has 2 aliphatic carbocycles. The molecule has 2 fully saturated rings. The van der Waals surface area contributed by atoms with E-state index in [9.17, 15) is 19.2 Å². The van der Waals surface area contributed by atoms with E-state index in [-0.39, 0.29) is 23.1 Å². The fraction of sp³-hybridized carbons (Fsp3) is 0.769. The molecule has 2 aliphatic rings. The molecule has 0 unspecified atom stereocenters. The lowest BCUT2D eigenvalue weighted by Gasteiger charge is -2.21. The summed E-state index contributed by atoms with van der Waals surface area (Å²) in [5.74, 6) is -0.984. The Morgan fingerprint density at radius 1 is 0.625 bits per heavy atom. The molecular formula is C26H40N2O4. The van der Waals surface area contributed by atoms with Gasteiger partial charge in [-0.2, -0.15) is 0 Å². The van der Waals surface area contributed by atoms with Gasteiger partial charge in [0.05, 0.1) is 0 Å². The van der Waals surface area contributed by atoms with Gasteiger partial charge in [-0.15, -0.1) is 0 Å². The standard InChI is InChI=1S/C26H40N2O4/c1-3-11-19(25-21(29)13-9-14-22(25)30)27-17-7-5-6-8-18-28-20(12-4-2)26-23(31)15-10-16-24(26)32/h25-26H,3-18H2,1-2H3. The number of nitrogens with zero attached hydrogens (tertiary/aromatic N) is 2.